The molecule has 2 N–H and O–H groups in total. The Balaban J connectivity index is 2.63. The summed E-state index contributed by atoms with van der Waals surface area (Å²) in [5.74, 6) is 0.472. The van der Waals surface area contributed by atoms with E-state index in [9.17, 15) is 4.79 Å². The average Bonchev–Trinajstić information content (AvgIpc) is 2.37. The predicted octanol–water partition coefficient (Wildman–Crippen LogP) is 2.83. The van der Waals surface area contributed by atoms with Crippen LogP contribution >= 0.6 is 0 Å². The van der Waals surface area contributed by atoms with E-state index in [1.54, 1.807) is 0 Å². The number of nitrogens with one attached hydrogen (secondary N) is 2. The van der Waals surface area contributed by atoms with Gasteiger partial charge in [-0.2, -0.15) is 0 Å². The molecule has 1 aromatic heterocycles. The number of aromatic nitrogens is 1. The lowest BCUT2D eigenvalue weighted by Crippen LogP contribution is -2.26. The van der Waals surface area contributed by atoms with Crippen LogP contribution in [0.4, 0.5) is 0 Å². The monoisotopic (exact) mass is 244 g/mol. The largest absolute Gasteiger partial charge is 0.328 e. The van der Waals surface area contributed by atoms with Crippen molar-refractivity contribution in [1.82, 2.24) is 10.3 Å². The van der Waals surface area contributed by atoms with Crippen molar-refractivity contribution in [3.63, 3.8) is 0 Å². The number of H-pyrrole nitrogens is 1. The maximum atomic E-state index is 11.8. The van der Waals surface area contributed by atoms with Gasteiger partial charge >= 0.3 is 0 Å². The van der Waals surface area contributed by atoms with Gasteiger partial charge in [0.25, 0.3) is 5.56 Å². The number of hydrogen-bond donors (Lipinski definition) is 2. The van der Waals surface area contributed by atoms with Crippen molar-refractivity contribution < 1.29 is 0 Å². The van der Waals surface area contributed by atoms with E-state index in [0.717, 1.165) is 17.3 Å². The lowest BCUT2D eigenvalue weighted by Gasteiger charge is -2.23. The lowest BCUT2D eigenvalue weighted by molar-refractivity contribution is 0.423. The fourth-order valence-corrected chi connectivity index (χ4v) is 2.41. The molecule has 0 saturated carbocycles. The Morgan fingerprint density at radius 3 is 2.50 bits per heavy atom. The van der Waals surface area contributed by atoms with Crippen LogP contribution in [0.25, 0.3) is 10.8 Å². The van der Waals surface area contributed by atoms with Crippen molar-refractivity contribution in [3.8, 4) is 0 Å². The first-order valence-corrected chi connectivity index (χ1v) is 6.48. The highest BCUT2D eigenvalue weighted by atomic mass is 16.1. The molecular weight excluding hydrogens is 224 g/mol. The topological polar surface area (TPSA) is 44.9 Å². The van der Waals surface area contributed by atoms with Crippen LogP contribution in [-0.2, 0) is 0 Å². The summed E-state index contributed by atoms with van der Waals surface area (Å²) in [5.41, 5.74) is 1.15. The van der Waals surface area contributed by atoms with Crippen LogP contribution in [0.5, 0.6) is 0 Å². The molecule has 96 valence electrons. The van der Waals surface area contributed by atoms with Gasteiger partial charge < -0.3 is 10.3 Å². The van der Waals surface area contributed by atoms with Crippen molar-refractivity contribution in [2.75, 3.05) is 6.54 Å². The van der Waals surface area contributed by atoms with E-state index in [4.69, 9.17) is 0 Å². The summed E-state index contributed by atoms with van der Waals surface area (Å²) >= 11 is 0. The number of benzene rings is 1. The van der Waals surface area contributed by atoms with Gasteiger partial charge in [0, 0.05) is 17.6 Å². The molecule has 1 atom stereocenters. The van der Waals surface area contributed by atoms with Gasteiger partial charge in [-0.15, -0.1) is 0 Å². The van der Waals surface area contributed by atoms with E-state index in [1.165, 1.54) is 5.56 Å². The molecule has 2 rings (SSSR count). The molecule has 0 amide bonds. The van der Waals surface area contributed by atoms with Crippen molar-refractivity contribution >= 4 is 10.8 Å². The Morgan fingerprint density at radius 1 is 1.22 bits per heavy atom. The molecule has 1 unspecified atom stereocenters. The number of fused-ring (bicyclic) bond motifs is 1. The predicted molar refractivity (Wildman–Crippen MR) is 75.8 cm³/mol. The second-order valence-corrected chi connectivity index (χ2v) is 4.90. The zero-order chi connectivity index (χ0) is 13.1. The number of rotatable bonds is 4. The molecule has 0 bridgehead atoms. The summed E-state index contributed by atoms with van der Waals surface area (Å²) in [6.07, 6.45) is 1.85. The quantitative estimate of drug-likeness (QED) is 0.868. The highest BCUT2D eigenvalue weighted by Gasteiger charge is 2.17. The van der Waals surface area contributed by atoms with E-state index in [1.807, 2.05) is 30.5 Å². The first kappa shape index (κ1) is 12.8. The highest BCUT2D eigenvalue weighted by molar-refractivity contribution is 5.84. The molecule has 0 aliphatic rings. The van der Waals surface area contributed by atoms with E-state index in [-0.39, 0.29) is 11.6 Å². The Labute approximate surface area is 107 Å². The number of aromatic amines is 1. The van der Waals surface area contributed by atoms with Crippen molar-refractivity contribution in [3.05, 3.63) is 46.4 Å². The number of pyridine rings is 1. The van der Waals surface area contributed by atoms with Gasteiger partial charge in [-0.05, 0) is 29.5 Å². The van der Waals surface area contributed by atoms with Crippen LogP contribution in [0.1, 0.15) is 32.4 Å². The first-order chi connectivity index (χ1) is 8.65. The van der Waals surface area contributed by atoms with Gasteiger partial charge in [0.05, 0.1) is 0 Å². The molecule has 0 spiro atoms. The Bertz CT molecular complexity index is 586. The van der Waals surface area contributed by atoms with Crippen molar-refractivity contribution in [2.45, 2.75) is 26.8 Å². The van der Waals surface area contributed by atoms with Crippen molar-refractivity contribution in [2.24, 2.45) is 5.92 Å². The smallest absolute Gasteiger partial charge is 0.255 e. The number of hydrogen-bond acceptors (Lipinski definition) is 2. The van der Waals surface area contributed by atoms with Gasteiger partial charge in [0.1, 0.15) is 0 Å². The molecule has 0 aliphatic heterocycles. The van der Waals surface area contributed by atoms with E-state index in [0.29, 0.717) is 5.92 Å². The second kappa shape index (κ2) is 5.36. The average molecular weight is 244 g/mol. The van der Waals surface area contributed by atoms with Crippen LogP contribution in [0.2, 0.25) is 0 Å². The van der Waals surface area contributed by atoms with Crippen LogP contribution in [-0.4, -0.2) is 11.5 Å². The molecule has 0 radical (unpaired) electrons. The molecule has 1 heterocycles. The summed E-state index contributed by atoms with van der Waals surface area (Å²) < 4.78 is 0. The normalized spacial score (nSPS) is 13.1. The van der Waals surface area contributed by atoms with Crippen LogP contribution in [0, 0.1) is 5.92 Å². The third-order valence-corrected chi connectivity index (χ3v) is 3.27. The molecule has 0 fully saturated rings. The van der Waals surface area contributed by atoms with Crippen molar-refractivity contribution in [1.29, 1.82) is 0 Å². The molecule has 1 aromatic carbocycles. The van der Waals surface area contributed by atoms with Gasteiger partial charge in [-0.1, -0.05) is 39.0 Å². The molecular formula is C15H20N2O. The van der Waals surface area contributed by atoms with Crippen LogP contribution in [0.15, 0.2) is 35.3 Å². The van der Waals surface area contributed by atoms with E-state index in [2.05, 4.69) is 31.1 Å². The summed E-state index contributed by atoms with van der Waals surface area (Å²) in [5, 5.41) is 5.29. The summed E-state index contributed by atoms with van der Waals surface area (Å²) in [6.45, 7) is 7.39. The summed E-state index contributed by atoms with van der Waals surface area (Å²) in [7, 11) is 0. The Hall–Kier alpha value is -1.61. The summed E-state index contributed by atoms with van der Waals surface area (Å²) in [6, 6.07) is 8.04. The van der Waals surface area contributed by atoms with Crippen LogP contribution in [0.3, 0.4) is 0 Å². The van der Waals surface area contributed by atoms with Gasteiger partial charge in [-0.3, -0.25) is 4.79 Å². The Kier molecular flexibility index (Phi) is 3.82. The minimum absolute atomic E-state index is 0.0200. The zero-order valence-corrected chi connectivity index (χ0v) is 11.2. The maximum Gasteiger partial charge on any atom is 0.255 e. The SMILES string of the molecule is CCNC(c1c[nH]c(=O)c2ccccc12)C(C)C. The lowest BCUT2D eigenvalue weighted by atomic mass is 9.93. The van der Waals surface area contributed by atoms with Gasteiger partial charge in [0.15, 0.2) is 0 Å². The molecule has 0 aliphatic carbocycles. The minimum Gasteiger partial charge on any atom is -0.328 e. The third-order valence-electron chi connectivity index (χ3n) is 3.27. The fourth-order valence-electron chi connectivity index (χ4n) is 2.41. The van der Waals surface area contributed by atoms with E-state index < -0.39 is 0 Å². The minimum atomic E-state index is -0.0200. The molecule has 3 nitrogen and oxygen atoms in total. The second-order valence-electron chi connectivity index (χ2n) is 4.90. The van der Waals surface area contributed by atoms with Gasteiger partial charge in [0.2, 0.25) is 0 Å². The third kappa shape index (κ3) is 2.31. The van der Waals surface area contributed by atoms with Gasteiger partial charge in [-0.25, -0.2) is 0 Å². The Morgan fingerprint density at radius 2 is 1.89 bits per heavy atom. The maximum absolute atomic E-state index is 11.8. The molecule has 2 aromatic rings. The first-order valence-electron chi connectivity index (χ1n) is 6.48. The fraction of sp³-hybridized carbons (Fsp3) is 0.400. The molecule has 3 heteroatoms. The van der Waals surface area contributed by atoms with E-state index >= 15 is 0 Å². The summed E-state index contributed by atoms with van der Waals surface area (Å²) in [4.78, 5) is 14.6. The zero-order valence-electron chi connectivity index (χ0n) is 11.2. The molecule has 18 heavy (non-hydrogen) atoms. The standard InChI is InChI=1S/C15H20N2O/c1-4-16-14(10(2)3)13-9-17-15(18)12-8-6-5-7-11(12)13/h5-10,14,16H,4H2,1-3H3,(H,17,18). The van der Waals surface area contributed by atoms with Crippen LogP contribution < -0.4 is 10.9 Å². The highest BCUT2D eigenvalue weighted by Crippen LogP contribution is 2.26. The molecule has 0 saturated heterocycles.